The van der Waals surface area contributed by atoms with Gasteiger partial charge in [-0.3, -0.25) is 14.7 Å². The monoisotopic (exact) mass is 516 g/mol. The molecule has 2 aliphatic heterocycles. The van der Waals surface area contributed by atoms with Crippen molar-refractivity contribution in [2.75, 3.05) is 43.4 Å². The van der Waals surface area contributed by atoms with Gasteiger partial charge in [-0.25, -0.2) is 9.97 Å². The van der Waals surface area contributed by atoms with E-state index < -0.39 is 0 Å². The number of nitriles is 1. The molecule has 5 rings (SSSR count). The van der Waals surface area contributed by atoms with Gasteiger partial charge in [-0.15, -0.1) is 11.3 Å². The number of hydrogen-bond acceptors (Lipinski definition) is 9. The van der Waals surface area contributed by atoms with Crippen LogP contribution < -0.4 is 16.0 Å². The number of amides is 1. The third-order valence-electron chi connectivity index (χ3n) is 7.11. The van der Waals surface area contributed by atoms with Crippen molar-refractivity contribution in [3.63, 3.8) is 0 Å². The Bertz CT molecular complexity index is 1260. The highest BCUT2D eigenvalue weighted by Gasteiger charge is 2.24. The highest BCUT2D eigenvalue weighted by Crippen LogP contribution is 2.28. The van der Waals surface area contributed by atoms with Crippen LogP contribution in [-0.2, 0) is 6.54 Å². The molecule has 2 saturated heterocycles. The molecule has 3 aromatic heterocycles. The number of nitrogens with one attached hydrogen (secondary N) is 1. The van der Waals surface area contributed by atoms with Crippen LogP contribution in [0.2, 0.25) is 0 Å². The second-order valence-electron chi connectivity index (χ2n) is 9.73. The zero-order valence-corrected chi connectivity index (χ0v) is 21.7. The number of likely N-dealkylation sites (tertiary alicyclic amines) is 1. The Morgan fingerprint density at radius 1 is 1.16 bits per heavy atom. The topological polar surface area (TPSA) is 124 Å². The van der Waals surface area contributed by atoms with E-state index in [0.717, 1.165) is 69.1 Å². The lowest BCUT2D eigenvalue weighted by molar-refractivity contribution is 0.0930. The number of pyridine rings is 2. The van der Waals surface area contributed by atoms with E-state index in [1.165, 1.54) is 17.4 Å². The molecule has 37 heavy (non-hydrogen) atoms. The Labute approximate surface area is 221 Å². The summed E-state index contributed by atoms with van der Waals surface area (Å²) in [4.78, 5) is 32.2. The Morgan fingerprint density at radius 3 is 2.70 bits per heavy atom. The predicted octanol–water partition coefficient (Wildman–Crippen LogP) is 3.69. The fourth-order valence-corrected chi connectivity index (χ4v) is 5.93. The van der Waals surface area contributed by atoms with Crippen LogP contribution in [0.25, 0.3) is 10.7 Å². The first kappa shape index (κ1) is 25.1. The number of carbonyl (C=O) groups is 1. The number of carbonyl (C=O) groups excluding carboxylic acids is 1. The highest BCUT2D eigenvalue weighted by atomic mass is 32.1. The van der Waals surface area contributed by atoms with Gasteiger partial charge in [0.05, 0.1) is 11.4 Å². The summed E-state index contributed by atoms with van der Waals surface area (Å²) in [7, 11) is 0. The number of aromatic nitrogens is 3. The van der Waals surface area contributed by atoms with Crippen molar-refractivity contribution in [1.82, 2.24) is 25.2 Å². The van der Waals surface area contributed by atoms with E-state index in [2.05, 4.69) is 36.1 Å². The molecule has 3 aromatic rings. The zero-order valence-electron chi connectivity index (χ0n) is 20.9. The van der Waals surface area contributed by atoms with Gasteiger partial charge in [0.25, 0.3) is 5.91 Å². The van der Waals surface area contributed by atoms with E-state index >= 15 is 0 Å². The number of nitrogens with zero attached hydrogens (tertiary/aromatic N) is 6. The molecule has 2 fully saturated rings. The quantitative estimate of drug-likeness (QED) is 0.487. The van der Waals surface area contributed by atoms with E-state index in [4.69, 9.17) is 5.73 Å². The number of piperidine rings is 2. The molecule has 0 bridgehead atoms. The molecule has 3 N–H and O–H groups in total. The molecule has 0 radical (unpaired) electrons. The van der Waals surface area contributed by atoms with Crippen molar-refractivity contribution >= 4 is 28.7 Å². The van der Waals surface area contributed by atoms with Gasteiger partial charge in [-0.05, 0) is 69.3 Å². The highest BCUT2D eigenvalue weighted by molar-refractivity contribution is 7.14. The van der Waals surface area contributed by atoms with Crippen molar-refractivity contribution in [2.45, 2.75) is 38.6 Å². The van der Waals surface area contributed by atoms with Crippen LogP contribution >= 0.6 is 11.3 Å². The van der Waals surface area contributed by atoms with Crippen LogP contribution in [0.5, 0.6) is 0 Å². The Balaban J connectivity index is 1.12. The van der Waals surface area contributed by atoms with Gasteiger partial charge in [0, 0.05) is 43.4 Å². The van der Waals surface area contributed by atoms with E-state index in [1.54, 1.807) is 17.5 Å². The third kappa shape index (κ3) is 6.06. The van der Waals surface area contributed by atoms with E-state index in [-0.39, 0.29) is 11.6 Å². The molecule has 0 aromatic carbocycles. The van der Waals surface area contributed by atoms with Crippen LogP contribution in [0.3, 0.4) is 0 Å². The molecule has 0 saturated carbocycles. The summed E-state index contributed by atoms with van der Waals surface area (Å²) in [5.74, 6) is 0.724. The van der Waals surface area contributed by atoms with Gasteiger partial charge in [-0.2, -0.15) is 5.26 Å². The molecular weight excluding hydrogens is 484 g/mol. The molecule has 9 nitrogen and oxygen atoms in total. The third-order valence-corrected chi connectivity index (χ3v) is 8.11. The molecule has 192 valence electrons. The molecule has 0 unspecified atom stereocenters. The number of rotatable bonds is 7. The molecule has 0 atom stereocenters. The summed E-state index contributed by atoms with van der Waals surface area (Å²) < 4.78 is 0. The maximum absolute atomic E-state index is 12.9. The second-order valence-corrected chi connectivity index (χ2v) is 10.8. The number of nitrogens with two attached hydrogens (primary N) is 1. The van der Waals surface area contributed by atoms with Gasteiger partial charge in [0.15, 0.2) is 0 Å². The van der Waals surface area contributed by atoms with Crippen molar-refractivity contribution in [3.8, 4) is 16.8 Å². The summed E-state index contributed by atoms with van der Waals surface area (Å²) >= 11 is 1.69. The standard InChI is InChI=1S/C27H32N8OS/c28-15-21-22(29)14-24(33-25(21)35-10-4-1-5-11-35)26(36)31-16-19-7-12-34(13-8-19)18-20-17-32-27(37-20)23-6-2-3-9-30-23/h2-3,6,9,14,17,19H,1,4-5,7-8,10-13,16,18H2,(H2,29,33)(H,31,36). The predicted molar refractivity (Wildman–Crippen MR) is 145 cm³/mol. The SMILES string of the molecule is N#Cc1c(N)cc(C(=O)NCC2CCN(Cc3cnc(-c4ccccn4)s3)CC2)nc1N1CCCCC1. The molecule has 1 amide bonds. The fraction of sp³-hybridized carbons (Fsp3) is 0.444. The van der Waals surface area contributed by atoms with Gasteiger partial charge in [-0.1, -0.05) is 6.07 Å². The van der Waals surface area contributed by atoms with Crippen LogP contribution in [0, 0.1) is 17.2 Å². The van der Waals surface area contributed by atoms with Gasteiger partial charge in [0.1, 0.15) is 28.2 Å². The zero-order chi connectivity index (χ0) is 25.6. The number of thiazole rings is 1. The van der Waals surface area contributed by atoms with Crippen LogP contribution in [0.4, 0.5) is 11.5 Å². The summed E-state index contributed by atoms with van der Waals surface area (Å²) in [6, 6.07) is 9.57. The molecule has 10 heteroatoms. The Kier molecular flexibility index (Phi) is 7.92. The van der Waals surface area contributed by atoms with Crippen LogP contribution in [0.15, 0.2) is 36.7 Å². The first-order chi connectivity index (χ1) is 18.1. The molecule has 0 spiro atoms. The minimum absolute atomic E-state index is 0.233. The Morgan fingerprint density at radius 2 is 1.97 bits per heavy atom. The summed E-state index contributed by atoms with van der Waals surface area (Å²) in [6.45, 7) is 5.12. The van der Waals surface area contributed by atoms with Crippen LogP contribution in [0.1, 0.15) is 53.0 Å². The number of hydrogen-bond donors (Lipinski definition) is 2. The molecule has 2 aliphatic rings. The van der Waals surface area contributed by atoms with E-state index in [1.807, 2.05) is 24.4 Å². The normalized spacial score (nSPS) is 16.9. The van der Waals surface area contributed by atoms with Gasteiger partial charge in [0.2, 0.25) is 0 Å². The summed E-state index contributed by atoms with van der Waals surface area (Å²) in [5.41, 5.74) is 8.01. The Hall–Kier alpha value is -3.55. The van der Waals surface area contributed by atoms with Gasteiger partial charge >= 0.3 is 0 Å². The number of nitrogen functional groups attached to an aromatic ring is 1. The van der Waals surface area contributed by atoms with Crippen molar-refractivity contribution in [1.29, 1.82) is 5.26 Å². The lowest BCUT2D eigenvalue weighted by Crippen LogP contribution is -2.38. The summed E-state index contributed by atoms with van der Waals surface area (Å²) in [5, 5.41) is 13.6. The fourth-order valence-electron chi connectivity index (χ4n) is 5.00. The summed E-state index contributed by atoms with van der Waals surface area (Å²) in [6.07, 6.45) is 9.06. The maximum atomic E-state index is 12.9. The second kappa shape index (κ2) is 11.7. The first-order valence-corrected chi connectivity index (χ1v) is 13.7. The molecule has 5 heterocycles. The average molecular weight is 517 g/mol. The lowest BCUT2D eigenvalue weighted by atomic mass is 9.96. The van der Waals surface area contributed by atoms with Gasteiger partial charge < -0.3 is 16.0 Å². The molecular formula is C27H32N8OS. The smallest absolute Gasteiger partial charge is 0.270 e. The van der Waals surface area contributed by atoms with Crippen molar-refractivity contribution in [2.24, 2.45) is 5.92 Å². The number of anilines is 2. The lowest BCUT2D eigenvalue weighted by Gasteiger charge is -2.31. The minimum atomic E-state index is -0.233. The van der Waals surface area contributed by atoms with E-state index in [9.17, 15) is 10.1 Å². The van der Waals surface area contributed by atoms with Crippen LogP contribution in [-0.4, -0.2) is 58.5 Å². The minimum Gasteiger partial charge on any atom is -0.397 e. The largest absolute Gasteiger partial charge is 0.397 e. The molecule has 0 aliphatic carbocycles. The van der Waals surface area contributed by atoms with Crippen molar-refractivity contribution < 1.29 is 4.79 Å². The van der Waals surface area contributed by atoms with E-state index in [0.29, 0.717) is 29.5 Å². The maximum Gasteiger partial charge on any atom is 0.270 e. The first-order valence-electron chi connectivity index (χ1n) is 12.9. The average Bonchev–Trinajstić information content (AvgIpc) is 3.41. The van der Waals surface area contributed by atoms with Crippen molar-refractivity contribution in [3.05, 3.63) is 52.8 Å².